The van der Waals surface area contributed by atoms with Crippen LogP contribution in [0.5, 0.6) is 0 Å². The molecular weight excluding hydrogens is 578 g/mol. The fourth-order valence-corrected chi connectivity index (χ4v) is 6.11. The predicted octanol–water partition coefficient (Wildman–Crippen LogP) is 4.28. The van der Waals surface area contributed by atoms with Crippen molar-refractivity contribution in [1.29, 1.82) is 0 Å². The summed E-state index contributed by atoms with van der Waals surface area (Å²) >= 11 is 0. The van der Waals surface area contributed by atoms with Gasteiger partial charge in [0, 0.05) is 26.6 Å². The van der Waals surface area contributed by atoms with Gasteiger partial charge in [0.05, 0.1) is 6.42 Å². The molecule has 2 aliphatic rings. The zero-order chi connectivity index (χ0) is 32.9. The Morgan fingerprint density at radius 3 is 2.13 bits per heavy atom. The summed E-state index contributed by atoms with van der Waals surface area (Å²) in [6, 6.07) is 13.7. The minimum atomic E-state index is -1.36. The Labute approximate surface area is 264 Å². The lowest BCUT2D eigenvalue weighted by Gasteiger charge is -2.38. The molecule has 1 saturated heterocycles. The van der Waals surface area contributed by atoms with E-state index in [9.17, 15) is 29.1 Å². The van der Waals surface area contributed by atoms with Crippen LogP contribution in [0.25, 0.3) is 11.1 Å². The molecule has 45 heavy (non-hydrogen) atoms. The third-order valence-corrected chi connectivity index (χ3v) is 8.23. The second-order valence-corrected chi connectivity index (χ2v) is 12.7. The molecule has 3 amide bonds. The number of hydrogen-bond acceptors (Lipinski definition) is 7. The Morgan fingerprint density at radius 1 is 0.956 bits per heavy atom. The Bertz CT molecular complexity index is 1390. The first-order chi connectivity index (χ1) is 21.3. The number of aliphatic carboxylic acids is 1. The van der Waals surface area contributed by atoms with Crippen LogP contribution in [0.3, 0.4) is 0 Å². The van der Waals surface area contributed by atoms with Crippen LogP contribution in [0.1, 0.15) is 69.9 Å². The number of carboxylic acids is 1. The molecule has 2 aromatic rings. The van der Waals surface area contributed by atoms with Gasteiger partial charge in [-0.3, -0.25) is 24.1 Å². The van der Waals surface area contributed by atoms with Crippen molar-refractivity contribution in [3.05, 3.63) is 59.7 Å². The summed E-state index contributed by atoms with van der Waals surface area (Å²) in [7, 11) is 2.86. The molecule has 1 aliphatic heterocycles. The maximum Gasteiger partial charge on any atom is 0.410 e. The Morgan fingerprint density at radius 2 is 1.56 bits per heavy atom. The molecule has 0 radical (unpaired) electrons. The number of carboxylic acid groups (broad SMARTS) is 1. The molecule has 0 aromatic heterocycles. The van der Waals surface area contributed by atoms with Gasteiger partial charge in [-0.05, 0) is 55.9 Å². The van der Waals surface area contributed by atoms with Crippen LogP contribution in [0.4, 0.5) is 4.79 Å². The van der Waals surface area contributed by atoms with Gasteiger partial charge in [0.25, 0.3) is 0 Å². The molecule has 2 aromatic carbocycles. The maximum atomic E-state index is 14.0. The number of likely N-dealkylation sites (N-methyl/N-ethyl adjacent to an activating group) is 2. The third-order valence-electron chi connectivity index (χ3n) is 8.23. The zero-order valence-corrected chi connectivity index (χ0v) is 26.7. The number of carbonyl (C=O) groups excluding carboxylic acids is 4. The summed E-state index contributed by atoms with van der Waals surface area (Å²) in [5.41, 5.74) is 3.55. The number of benzene rings is 2. The number of rotatable bonds is 9. The molecule has 1 N–H and O–H groups in total. The molecule has 1 heterocycles. The van der Waals surface area contributed by atoms with Crippen LogP contribution in [0, 0.1) is 0 Å². The number of hydrogen-bond donors (Lipinski definition) is 1. The second kappa shape index (κ2) is 14.1. The van der Waals surface area contributed by atoms with Gasteiger partial charge in [0.2, 0.25) is 11.8 Å². The number of esters is 1. The Balaban J connectivity index is 1.49. The molecule has 4 rings (SSSR count). The van der Waals surface area contributed by atoms with Crippen molar-refractivity contribution in [1.82, 2.24) is 14.7 Å². The number of ether oxygens (including phenoxy) is 2. The topological polar surface area (TPSA) is 134 Å². The number of carbonyl (C=O) groups is 5. The number of fused-ring (bicyclic) bond motifs is 3. The van der Waals surface area contributed by atoms with Gasteiger partial charge in [0.1, 0.15) is 30.8 Å². The first-order valence-corrected chi connectivity index (χ1v) is 15.4. The molecule has 0 saturated carbocycles. The fraction of sp³-hybridized carbons (Fsp3) is 0.500. The molecule has 242 valence electrons. The average molecular weight is 622 g/mol. The highest BCUT2D eigenvalue weighted by atomic mass is 16.6. The predicted molar refractivity (Wildman–Crippen MR) is 166 cm³/mol. The first kappa shape index (κ1) is 33.5. The Kier molecular flexibility index (Phi) is 10.5. The van der Waals surface area contributed by atoms with Crippen molar-refractivity contribution >= 4 is 29.8 Å². The number of nitrogens with zero attached hydrogens (tertiary/aromatic N) is 3. The maximum absolute atomic E-state index is 14.0. The molecule has 0 spiro atoms. The monoisotopic (exact) mass is 621 g/mol. The Hall–Kier alpha value is -4.41. The lowest BCUT2D eigenvalue weighted by atomic mass is 9.98. The zero-order valence-electron chi connectivity index (χ0n) is 26.7. The van der Waals surface area contributed by atoms with Crippen LogP contribution in [-0.4, -0.2) is 101 Å². The highest BCUT2D eigenvalue weighted by molar-refractivity contribution is 5.94. The van der Waals surface area contributed by atoms with E-state index in [-0.39, 0.29) is 19.1 Å². The molecule has 1 fully saturated rings. The van der Waals surface area contributed by atoms with Crippen molar-refractivity contribution in [2.24, 2.45) is 0 Å². The van der Waals surface area contributed by atoms with Crippen molar-refractivity contribution in [3.8, 4) is 11.1 Å². The molecule has 11 nitrogen and oxygen atoms in total. The normalized spacial score (nSPS) is 17.3. The average Bonchev–Trinajstić information content (AvgIpc) is 3.29. The van der Waals surface area contributed by atoms with Crippen LogP contribution >= 0.6 is 0 Å². The van der Waals surface area contributed by atoms with E-state index in [0.29, 0.717) is 19.3 Å². The van der Waals surface area contributed by atoms with E-state index in [1.807, 2.05) is 48.5 Å². The first-order valence-electron chi connectivity index (χ1n) is 15.4. The van der Waals surface area contributed by atoms with Crippen LogP contribution < -0.4 is 0 Å². The lowest BCUT2D eigenvalue weighted by Crippen LogP contribution is -2.58. The highest BCUT2D eigenvalue weighted by Crippen LogP contribution is 2.44. The summed E-state index contributed by atoms with van der Waals surface area (Å²) < 4.78 is 11.1. The molecule has 0 bridgehead atoms. The molecule has 1 aliphatic carbocycles. The minimum absolute atomic E-state index is 0.0808. The SMILES string of the molecule is CN(CC(=O)OC(C)(C)C)C(=O)[C@H](CC(=O)O)N1CCCCC[C@H](N(C)C(=O)OCC2c3ccccc3-c3ccccc32)C1=O. The number of likely N-dealkylation sites (tertiary alicyclic amines) is 1. The number of amides is 3. The van der Waals surface area contributed by atoms with Crippen molar-refractivity contribution in [2.75, 3.05) is 33.8 Å². The second-order valence-electron chi connectivity index (χ2n) is 12.7. The van der Waals surface area contributed by atoms with Crippen LogP contribution in [0.15, 0.2) is 48.5 Å². The lowest BCUT2D eigenvalue weighted by molar-refractivity contribution is -0.160. The largest absolute Gasteiger partial charge is 0.481 e. The van der Waals surface area contributed by atoms with E-state index >= 15 is 0 Å². The van der Waals surface area contributed by atoms with Gasteiger partial charge in [-0.15, -0.1) is 0 Å². The summed E-state index contributed by atoms with van der Waals surface area (Å²) in [5.74, 6) is -3.30. The third kappa shape index (κ3) is 8.01. The van der Waals surface area contributed by atoms with Gasteiger partial charge in [-0.1, -0.05) is 61.4 Å². The van der Waals surface area contributed by atoms with Crippen molar-refractivity contribution in [2.45, 2.75) is 76.5 Å². The van der Waals surface area contributed by atoms with Crippen molar-refractivity contribution in [3.63, 3.8) is 0 Å². The van der Waals surface area contributed by atoms with E-state index in [0.717, 1.165) is 33.6 Å². The standard InChI is InChI=1S/C34H43N3O8/c1-34(2,3)45-30(40)20-35(4)31(41)28(19-29(38)39)37-18-12-6-7-17-27(32(37)42)36(5)33(43)44-21-26-24-15-10-8-13-22(24)23-14-9-11-16-25(23)26/h8-11,13-16,26-28H,6-7,12,17-21H2,1-5H3,(H,38,39)/t27-,28-/m0/s1. The summed E-state index contributed by atoms with van der Waals surface area (Å²) in [6.07, 6.45) is 0.954. The van der Waals surface area contributed by atoms with Crippen LogP contribution in [-0.2, 0) is 28.7 Å². The molecular formula is C34H43N3O8. The quantitative estimate of drug-likeness (QED) is 0.410. The van der Waals surface area contributed by atoms with E-state index < -0.39 is 60.5 Å². The molecule has 2 atom stereocenters. The van der Waals surface area contributed by atoms with Gasteiger partial charge < -0.3 is 24.4 Å². The van der Waals surface area contributed by atoms with Gasteiger partial charge in [-0.2, -0.15) is 0 Å². The van der Waals surface area contributed by atoms with Crippen LogP contribution in [0.2, 0.25) is 0 Å². The van der Waals surface area contributed by atoms with Gasteiger partial charge in [-0.25, -0.2) is 4.79 Å². The smallest absolute Gasteiger partial charge is 0.410 e. The molecule has 11 heteroatoms. The summed E-state index contributed by atoms with van der Waals surface area (Å²) in [4.78, 5) is 68.8. The minimum Gasteiger partial charge on any atom is -0.481 e. The molecule has 0 unspecified atom stereocenters. The van der Waals surface area contributed by atoms with E-state index in [1.165, 1.54) is 23.9 Å². The van der Waals surface area contributed by atoms with Gasteiger partial charge >= 0.3 is 18.0 Å². The van der Waals surface area contributed by atoms with E-state index in [4.69, 9.17) is 9.47 Å². The van der Waals surface area contributed by atoms with Gasteiger partial charge in [0.15, 0.2) is 0 Å². The highest BCUT2D eigenvalue weighted by Gasteiger charge is 2.40. The van der Waals surface area contributed by atoms with E-state index in [2.05, 4.69) is 0 Å². The fourth-order valence-electron chi connectivity index (χ4n) is 6.11. The summed E-state index contributed by atoms with van der Waals surface area (Å²) in [5, 5.41) is 9.68. The van der Waals surface area contributed by atoms with Crippen molar-refractivity contribution < 1.29 is 38.6 Å². The van der Waals surface area contributed by atoms with E-state index in [1.54, 1.807) is 20.8 Å². The summed E-state index contributed by atoms with van der Waals surface area (Å²) in [6.45, 7) is 4.91.